The average molecular weight is 305 g/mol. The third kappa shape index (κ3) is 2.78. The maximum absolute atomic E-state index is 12.6. The lowest BCUT2D eigenvalue weighted by Crippen LogP contribution is -2.49. The van der Waals surface area contributed by atoms with Crippen LogP contribution in [0.15, 0.2) is 78.4 Å². The van der Waals surface area contributed by atoms with Crippen LogP contribution in [0.1, 0.15) is 18.5 Å². The van der Waals surface area contributed by atoms with E-state index in [1.807, 2.05) is 72.5 Å². The molecule has 1 atom stereocenters. The fourth-order valence-electron chi connectivity index (χ4n) is 2.83. The van der Waals surface area contributed by atoms with Gasteiger partial charge in [-0.15, -0.1) is 0 Å². The second kappa shape index (κ2) is 6.13. The van der Waals surface area contributed by atoms with E-state index < -0.39 is 0 Å². The van der Waals surface area contributed by atoms with Gasteiger partial charge >= 0.3 is 0 Å². The summed E-state index contributed by atoms with van der Waals surface area (Å²) in [4.78, 5) is 14.4. The van der Waals surface area contributed by atoms with E-state index in [9.17, 15) is 4.79 Å². The molecule has 0 N–H and O–H groups in total. The van der Waals surface area contributed by atoms with Gasteiger partial charge in [0.1, 0.15) is 5.75 Å². The smallest absolute Gasteiger partial charge is 0.257 e. The quantitative estimate of drug-likeness (QED) is 0.623. The largest absolute Gasteiger partial charge is 0.497 e. The molecule has 0 spiro atoms. The highest BCUT2D eigenvalue weighted by molar-refractivity contribution is 6.15. The molecule has 1 heterocycles. The van der Waals surface area contributed by atoms with Gasteiger partial charge in [0.05, 0.1) is 13.2 Å². The highest BCUT2D eigenvalue weighted by Crippen LogP contribution is 2.43. The monoisotopic (exact) mass is 305 g/mol. The Morgan fingerprint density at radius 2 is 1.78 bits per heavy atom. The Hall–Kier alpha value is -2.81. The summed E-state index contributed by atoms with van der Waals surface area (Å²) < 4.78 is 5.19. The minimum Gasteiger partial charge on any atom is -0.497 e. The summed E-state index contributed by atoms with van der Waals surface area (Å²) in [7, 11) is 1.63. The summed E-state index contributed by atoms with van der Waals surface area (Å²) in [5.74, 6) is 0.794. The van der Waals surface area contributed by atoms with Crippen molar-refractivity contribution in [3.05, 3.63) is 84.0 Å². The van der Waals surface area contributed by atoms with Crippen molar-refractivity contribution >= 4 is 11.6 Å². The van der Waals surface area contributed by atoms with Crippen LogP contribution in [-0.4, -0.2) is 13.0 Å². The molecular weight excluding hydrogens is 286 g/mol. The lowest BCUT2D eigenvalue weighted by molar-refractivity contribution is -0.119. The number of β-lactam (4-membered cyclic amide) rings is 1. The number of allylic oxidation sites excluding steroid dienone is 2. The summed E-state index contributed by atoms with van der Waals surface area (Å²) in [6.45, 7) is 5.80. The Labute approximate surface area is 136 Å². The molecule has 0 aromatic heterocycles. The van der Waals surface area contributed by atoms with Crippen LogP contribution in [0.4, 0.5) is 5.69 Å². The first-order valence-corrected chi connectivity index (χ1v) is 7.51. The number of hydrogen-bond donors (Lipinski definition) is 0. The molecule has 2 aromatic carbocycles. The van der Waals surface area contributed by atoms with E-state index >= 15 is 0 Å². The molecule has 23 heavy (non-hydrogen) atoms. The topological polar surface area (TPSA) is 29.5 Å². The molecule has 3 heteroatoms. The first-order chi connectivity index (χ1) is 11.1. The SMILES string of the molecule is C=C(C)/C=C1\C(=O)N(c2ccc(OC)cc2)C1c1ccccc1. The van der Waals surface area contributed by atoms with Crippen molar-refractivity contribution in [3.63, 3.8) is 0 Å². The van der Waals surface area contributed by atoms with Crippen molar-refractivity contribution in [1.29, 1.82) is 0 Å². The van der Waals surface area contributed by atoms with Crippen LogP contribution in [0.2, 0.25) is 0 Å². The zero-order valence-corrected chi connectivity index (χ0v) is 13.3. The lowest BCUT2D eigenvalue weighted by atomic mass is 9.86. The zero-order chi connectivity index (χ0) is 16.4. The van der Waals surface area contributed by atoms with Gasteiger partial charge in [0.2, 0.25) is 0 Å². The average Bonchev–Trinajstić information content (AvgIpc) is 2.58. The van der Waals surface area contributed by atoms with E-state index in [0.29, 0.717) is 0 Å². The highest BCUT2D eigenvalue weighted by Gasteiger charge is 2.43. The third-order valence-electron chi connectivity index (χ3n) is 3.89. The predicted octanol–water partition coefficient (Wildman–Crippen LogP) is 4.29. The Morgan fingerprint density at radius 3 is 2.35 bits per heavy atom. The van der Waals surface area contributed by atoms with Gasteiger partial charge in [-0.05, 0) is 42.8 Å². The molecule has 1 amide bonds. The summed E-state index contributed by atoms with van der Waals surface area (Å²) in [6.07, 6.45) is 1.88. The number of methoxy groups -OCH3 is 1. The number of anilines is 1. The van der Waals surface area contributed by atoms with E-state index in [0.717, 1.165) is 28.1 Å². The Bertz CT molecular complexity index is 760. The molecular formula is C20H19NO2. The molecule has 116 valence electrons. The Kier molecular flexibility index (Phi) is 4.02. The van der Waals surface area contributed by atoms with E-state index in [-0.39, 0.29) is 11.9 Å². The third-order valence-corrected chi connectivity index (χ3v) is 3.89. The molecule has 1 aliphatic heterocycles. The van der Waals surface area contributed by atoms with E-state index in [2.05, 4.69) is 6.58 Å². The summed E-state index contributed by atoms with van der Waals surface area (Å²) in [6, 6.07) is 17.5. The fourth-order valence-corrected chi connectivity index (χ4v) is 2.83. The minimum atomic E-state index is -0.0752. The fraction of sp³-hybridized carbons (Fsp3) is 0.150. The first-order valence-electron chi connectivity index (χ1n) is 7.51. The summed E-state index contributed by atoms with van der Waals surface area (Å²) >= 11 is 0. The van der Waals surface area contributed by atoms with Crippen LogP contribution < -0.4 is 9.64 Å². The van der Waals surface area contributed by atoms with Crippen LogP contribution >= 0.6 is 0 Å². The number of hydrogen-bond acceptors (Lipinski definition) is 2. The molecule has 3 nitrogen and oxygen atoms in total. The van der Waals surface area contributed by atoms with Crippen LogP contribution in [-0.2, 0) is 4.79 Å². The van der Waals surface area contributed by atoms with Crippen LogP contribution in [0, 0.1) is 0 Å². The maximum atomic E-state index is 12.6. The van der Waals surface area contributed by atoms with E-state index in [1.165, 1.54) is 0 Å². The molecule has 0 bridgehead atoms. The molecule has 3 rings (SSSR count). The van der Waals surface area contributed by atoms with Gasteiger partial charge in [-0.3, -0.25) is 9.69 Å². The summed E-state index contributed by atoms with van der Waals surface area (Å²) in [5, 5.41) is 0. The van der Waals surface area contributed by atoms with Crippen molar-refractivity contribution in [2.24, 2.45) is 0 Å². The number of carbonyl (C=O) groups excluding carboxylic acids is 1. The molecule has 2 aromatic rings. The summed E-state index contributed by atoms with van der Waals surface area (Å²) in [5.41, 5.74) is 3.61. The molecule has 0 saturated carbocycles. The molecule has 0 aliphatic carbocycles. The Morgan fingerprint density at radius 1 is 1.13 bits per heavy atom. The number of benzene rings is 2. The van der Waals surface area contributed by atoms with Gasteiger partial charge in [0, 0.05) is 11.3 Å². The van der Waals surface area contributed by atoms with Crippen molar-refractivity contribution in [3.8, 4) is 5.75 Å². The van der Waals surface area contributed by atoms with Gasteiger partial charge in [-0.1, -0.05) is 42.5 Å². The standard InChI is InChI=1S/C20H19NO2/c1-14(2)13-18-19(15-7-5-4-6-8-15)21(20(18)22)16-9-11-17(23-3)12-10-16/h4-13,19H,1H2,2-3H3/b18-13-. The van der Waals surface area contributed by atoms with E-state index in [4.69, 9.17) is 4.74 Å². The van der Waals surface area contributed by atoms with Crippen LogP contribution in [0.5, 0.6) is 5.75 Å². The van der Waals surface area contributed by atoms with Crippen molar-refractivity contribution in [2.75, 3.05) is 12.0 Å². The van der Waals surface area contributed by atoms with Crippen molar-refractivity contribution < 1.29 is 9.53 Å². The molecule has 1 fully saturated rings. The molecule has 0 radical (unpaired) electrons. The Balaban J connectivity index is 2.01. The number of nitrogens with zero attached hydrogens (tertiary/aromatic N) is 1. The van der Waals surface area contributed by atoms with Crippen molar-refractivity contribution in [1.82, 2.24) is 0 Å². The molecule has 1 aliphatic rings. The maximum Gasteiger partial charge on any atom is 0.257 e. The second-order valence-electron chi connectivity index (χ2n) is 5.63. The molecule has 1 unspecified atom stereocenters. The second-order valence-corrected chi connectivity index (χ2v) is 5.63. The van der Waals surface area contributed by atoms with Gasteiger partial charge < -0.3 is 4.74 Å². The van der Waals surface area contributed by atoms with Crippen LogP contribution in [0.3, 0.4) is 0 Å². The predicted molar refractivity (Wildman–Crippen MR) is 92.6 cm³/mol. The van der Waals surface area contributed by atoms with Gasteiger partial charge in [-0.2, -0.15) is 0 Å². The van der Waals surface area contributed by atoms with Gasteiger partial charge in [0.15, 0.2) is 0 Å². The van der Waals surface area contributed by atoms with E-state index in [1.54, 1.807) is 7.11 Å². The normalized spacial score (nSPS) is 18.7. The number of carbonyl (C=O) groups is 1. The first kappa shape index (κ1) is 15.1. The van der Waals surface area contributed by atoms with Gasteiger partial charge in [0.25, 0.3) is 5.91 Å². The van der Waals surface area contributed by atoms with Crippen LogP contribution in [0.25, 0.3) is 0 Å². The van der Waals surface area contributed by atoms with Gasteiger partial charge in [-0.25, -0.2) is 0 Å². The lowest BCUT2D eigenvalue weighted by Gasteiger charge is -2.43. The number of amides is 1. The highest BCUT2D eigenvalue weighted by atomic mass is 16.5. The van der Waals surface area contributed by atoms with Crippen molar-refractivity contribution in [2.45, 2.75) is 13.0 Å². The number of rotatable bonds is 4. The zero-order valence-electron chi connectivity index (χ0n) is 13.3. The minimum absolute atomic E-state index is 0.0204. The number of ether oxygens (including phenoxy) is 1. The molecule has 1 saturated heterocycles.